The molecule has 154 valence electrons. The Labute approximate surface area is 178 Å². The zero-order valence-corrected chi connectivity index (χ0v) is 17.3. The molecule has 0 aliphatic rings. The predicted octanol–water partition coefficient (Wildman–Crippen LogP) is 4.40. The fourth-order valence-electron chi connectivity index (χ4n) is 2.70. The highest BCUT2D eigenvalue weighted by molar-refractivity contribution is 7.92. The number of rotatable bonds is 6. The molecule has 0 fully saturated rings. The number of benzene rings is 3. The average molecular weight is 445 g/mol. The van der Waals surface area contributed by atoms with Gasteiger partial charge in [0, 0.05) is 0 Å². The maximum atomic E-state index is 12.8. The number of carbonyl (C=O) groups excluding carboxylic acids is 1. The summed E-state index contributed by atoms with van der Waals surface area (Å²) in [7, 11) is -3.99. The van der Waals surface area contributed by atoms with E-state index in [-0.39, 0.29) is 26.7 Å². The average Bonchev–Trinajstić information content (AvgIpc) is 2.70. The number of aromatic carboxylic acids is 1. The molecule has 30 heavy (non-hydrogen) atoms. The molecule has 0 bridgehead atoms. The molecule has 9 heteroatoms. The standard InChI is InChI=1S/C21H17ClN2O5S/c1-13-6-2-4-8-18(13)24-30(28,29)14-10-11-17(22)16(12-14)20(25)23-19-9-5-3-7-15(19)21(26)27/h2-12,24H,1H3,(H,23,25)(H,26,27). The third-order valence-electron chi connectivity index (χ3n) is 4.29. The Morgan fingerprint density at radius 3 is 2.20 bits per heavy atom. The molecule has 0 saturated carbocycles. The lowest BCUT2D eigenvalue weighted by Crippen LogP contribution is -2.18. The van der Waals surface area contributed by atoms with Gasteiger partial charge in [-0.2, -0.15) is 0 Å². The Morgan fingerprint density at radius 2 is 1.53 bits per heavy atom. The minimum Gasteiger partial charge on any atom is -0.478 e. The molecule has 0 heterocycles. The van der Waals surface area contributed by atoms with Gasteiger partial charge in [-0.3, -0.25) is 9.52 Å². The number of sulfonamides is 1. The fourth-order valence-corrected chi connectivity index (χ4v) is 4.06. The van der Waals surface area contributed by atoms with Crippen LogP contribution in [-0.2, 0) is 10.0 Å². The number of nitrogens with one attached hydrogen (secondary N) is 2. The molecule has 3 N–H and O–H groups in total. The number of carbonyl (C=O) groups is 2. The number of carboxylic acids is 1. The van der Waals surface area contributed by atoms with E-state index in [0.29, 0.717) is 5.69 Å². The zero-order chi connectivity index (χ0) is 21.9. The van der Waals surface area contributed by atoms with Crippen LogP contribution in [0.25, 0.3) is 0 Å². The first-order valence-corrected chi connectivity index (χ1v) is 10.6. The van der Waals surface area contributed by atoms with Gasteiger partial charge < -0.3 is 10.4 Å². The second-order valence-electron chi connectivity index (χ2n) is 6.37. The fraction of sp³-hybridized carbons (Fsp3) is 0.0476. The van der Waals surface area contributed by atoms with E-state index in [1.54, 1.807) is 37.3 Å². The molecule has 0 saturated heterocycles. The highest BCUT2D eigenvalue weighted by Gasteiger charge is 2.21. The van der Waals surface area contributed by atoms with Crippen molar-refractivity contribution in [2.24, 2.45) is 0 Å². The highest BCUT2D eigenvalue weighted by atomic mass is 35.5. The minimum absolute atomic E-state index is 0.0233. The number of para-hydroxylation sites is 2. The lowest BCUT2D eigenvalue weighted by atomic mass is 10.1. The molecule has 0 spiro atoms. The molecular formula is C21H17ClN2O5S. The summed E-state index contributed by atoms with van der Waals surface area (Å²) < 4.78 is 28.0. The summed E-state index contributed by atoms with van der Waals surface area (Å²) in [6.45, 7) is 1.76. The Morgan fingerprint density at radius 1 is 0.900 bits per heavy atom. The first-order chi connectivity index (χ1) is 14.2. The molecular weight excluding hydrogens is 428 g/mol. The van der Waals surface area contributed by atoms with Gasteiger partial charge in [0.2, 0.25) is 0 Å². The van der Waals surface area contributed by atoms with Crippen LogP contribution in [0, 0.1) is 6.92 Å². The molecule has 7 nitrogen and oxygen atoms in total. The Kier molecular flexibility index (Phi) is 6.09. The van der Waals surface area contributed by atoms with E-state index < -0.39 is 21.9 Å². The third kappa shape index (κ3) is 4.61. The molecule has 0 radical (unpaired) electrons. The van der Waals surface area contributed by atoms with E-state index in [1.807, 2.05) is 0 Å². The molecule has 0 atom stereocenters. The Hall–Kier alpha value is -3.36. The van der Waals surface area contributed by atoms with Crippen LogP contribution in [0.4, 0.5) is 11.4 Å². The molecule has 0 aromatic heterocycles. The molecule has 0 aliphatic carbocycles. The minimum atomic E-state index is -3.99. The van der Waals surface area contributed by atoms with Crippen LogP contribution >= 0.6 is 11.6 Å². The molecule has 3 aromatic rings. The monoisotopic (exact) mass is 444 g/mol. The normalized spacial score (nSPS) is 11.0. The van der Waals surface area contributed by atoms with E-state index in [2.05, 4.69) is 10.0 Å². The summed E-state index contributed by atoms with van der Waals surface area (Å²) in [5, 5.41) is 11.7. The maximum absolute atomic E-state index is 12.8. The highest BCUT2D eigenvalue weighted by Crippen LogP contribution is 2.25. The number of amides is 1. The van der Waals surface area contributed by atoms with Crippen molar-refractivity contribution in [2.75, 3.05) is 10.0 Å². The summed E-state index contributed by atoms with van der Waals surface area (Å²) in [6.07, 6.45) is 0. The van der Waals surface area contributed by atoms with Crippen molar-refractivity contribution < 1.29 is 23.1 Å². The van der Waals surface area contributed by atoms with Gasteiger partial charge in [0.25, 0.3) is 15.9 Å². The summed E-state index contributed by atoms with van der Waals surface area (Å²) >= 11 is 6.10. The largest absolute Gasteiger partial charge is 0.478 e. The van der Waals surface area contributed by atoms with Crippen molar-refractivity contribution >= 4 is 44.9 Å². The van der Waals surface area contributed by atoms with Crippen LogP contribution in [-0.4, -0.2) is 25.4 Å². The van der Waals surface area contributed by atoms with Gasteiger partial charge in [-0.15, -0.1) is 0 Å². The van der Waals surface area contributed by atoms with E-state index in [1.165, 1.54) is 30.3 Å². The Bertz CT molecular complexity index is 1240. The molecule has 0 unspecified atom stereocenters. The second-order valence-corrected chi connectivity index (χ2v) is 8.46. The summed E-state index contributed by atoms with van der Waals surface area (Å²) in [6, 6.07) is 16.4. The predicted molar refractivity (Wildman–Crippen MR) is 115 cm³/mol. The first kappa shape index (κ1) is 21.4. The lowest BCUT2D eigenvalue weighted by molar-refractivity contribution is 0.0698. The molecule has 1 amide bonds. The lowest BCUT2D eigenvalue weighted by Gasteiger charge is -2.13. The van der Waals surface area contributed by atoms with Gasteiger partial charge in [-0.1, -0.05) is 41.9 Å². The van der Waals surface area contributed by atoms with E-state index >= 15 is 0 Å². The SMILES string of the molecule is Cc1ccccc1NS(=O)(=O)c1ccc(Cl)c(C(=O)Nc2ccccc2C(=O)O)c1. The number of halogens is 1. The van der Waals surface area contributed by atoms with Crippen LogP contribution in [0.15, 0.2) is 71.6 Å². The van der Waals surface area contributed by atoms with Crippen LogP contribution < -0.4 is 10.0 Å². The van der Waals surface area contributed by atoms with Crippen LogP contribution in [0.2, 0.25) is 5.02 Å². The third-order valence-corrected chi connectivity index (χ3v) is 5.98. The molecule has 3 aromatic carbocycles. The Balaban J connectivity index is 1.93. The van der Waals surface area contributed by atoms with Crippen molar-refractivity contribution in [3.63, 3.8) is 0 Å². The van der Waals surface area contributed by atoms with Gasteiger partial charge in [0.15, 0.2) is 0 Å². The quantitative estimate of drug-likeness (QED) is 0.521. The van der Waals surface area contributed by atoms with Crippen LogP contribution in [0.3, 0.4) is 0 Å². The first-order valence-electron chi connectivity index (χ1n) is 8.71. The van der Waals surface area contributed by atoms with Gasteiger partial charge in [0.1, 0.15) is 0 Å². The van der Waals surface area contributed by atoms with Crippen LogP contribution in [0.5, 0.6) is 0 Å². The molecule has 0 aliphatic heterocycles. The summed E-state index contributed by atoms with van der Waals surface area (Å²) in [5.74, 6) is -1.95. The van der Waals surface area contributed by atoms with Gasteiger partial charge >= 0.3 is 5.97 Å². The number of aryl methyl sites for hydroxylation is 1. The van der Waals surface area contributed by atoms with E-state index in [0.717, 1.165) is 11.6 Å². The van der Waals surface area contributed by atoms with Gasteiger partial charge in [-0.25, -0.2) is 13.2 Å². The maximum Gasteiger partial charge on any atom is 0.337 e. The van der Waals surface area contributed by atoms with Crippen molar-refractivity contribution in [3.8, 4) is 0 Å². The van der Waals surface area contributed by atoms with Crippen molar-refractivity contribution in [3.05, 3.63) is 88.4 Å². The topological polar surface area (TPSA) is 113 Å². The number of carboxylic acid groups (broad SMARTS) is 1. The number of anilines is 2. The smallest absolute Gasteiger partial charge is 0.337 e. The zero-order valence-electron chi connectivity index (χ0n) is 15.7. The van der Waals surface area contributed by atoms with E-state index in [9.17, 15) is 23.1 Å². The van der Waals surface area contributed by atoms with Crippen LogP contribution in [0.1, 0.15) is 26.3 Å². The second kappa shape index (κ2) is 8.56. The summed E-state index contributed by atoms with van der Waals surface area (Å²) in [4.78, 5) is 23.9. The van der Waals surface area contributed by atoms with Crippen molar-refractivity contribution in [1.82, 2.24) is 0 Å². The van der Waals surface area contributed by atoms with Crippen molar-refractivity contribution in [2.45, 2.75) is 11.8 Å². The van der Waals surface area contributed by atoms with Gasteiger partial charge in [-0.05, 0) is 48.9 Å². The van der Waals surface area contributed by atoms with Crippen molar-refractivity contribution in [1.29, 1.82) is 0 Å². The number of hydrogen-bond donors (Lipinski definition) is 3. The van der Waals surface area contributed by atoms with Gasteiger partial charge in [0.05, 0.1) is 32.4 Å². The summed E-state index contributed by atoms with van der Waals surface area (Å²) in [5.41, 5.74) is 1.00. The molecule has 3 rings (SSSR count). The number of hydrogen-bond acceptors (Lipinski definition) is 4. The van der Waals surface area contributed by atoms with E-state index in [4.69, 9.17) is 11.6 Å².